The van der Waals surface area contributed by atoms with Crippen LogP contribution in [0.2, 0.25) is 0 Å². The van der Waals surface area contributed by atoms with E-state index in [2.05, 4.69) is 10.3 Å². The molecule has 11 heteroatoms. The molecule has 2 aromatic heterocycles. The van der Waals surface area contributed by atoms with Gasteiger partial charge in [-0.25, -0.2) is 4.79 Å². The number of para-hydroxylation sites is 1. The number of carbonyl (C=O) groups excluding carboxylic acids is 3. The first-order valence-corrected chi connectivity index (χ1v) is 10.0. The molecule has 0 unspecified atom stereocenters. The van der Waals surface area contributed by atoms with Gasteiger partial charge in [-0.2, -0.15) is 13.2 Å². The van der Waals surface area contributed by atoms with Crippen molar-refractivity contribution >= 4 is 40.0 Å². The summed E-state index contributed by atoms with van der Waals surface area (Å²) in [4.78, 5) is 40.0. The Bertz CT molecular complexity index is 1060. The van der Waals surface area contributed by atoms with Gasteiger partial charge in [0.05, 0.1) is 4.88 Å². The summed E-state index contributed by atoms with van der Waals surface area (Å²) in [5, 5.41) is 6.73. The predicted molar refractivity (Wildman–Crippen MR) is 108 cm³/mol. The monoisotopic (exact) mass is 453 g/mol. The van der Waals surface area contributed by atoms with E-state index in [1.807, 2.05) is 24.3 Å². The molecule has 1 aromatic carbocycles. The number of aromatic amines is 1. The third-order valence-corrected chi connectivity index (χ3v) is 5.13. The zero-order valence-electron chi connectivity index (χ0n) is 16.0. The Kier molecular flexibility index (Phi) is 6.95. The highest BCUT2D eigenvalue weighted by atomic mass is 32.1. The average Bonchev–Trinajstić information content (AvgIpc) is 3.40. The number of ether oxygens (including phenoxy) is 1. The van der Waals surface area contributed by atoms with Crippen molar-refractivity contribution in [2.24, 2.45) is 0 Å². The number of nitrogens with one attached hydrogen (secondary N) is 3. The van der Waals surface area contributed by atoms with Gasteiger partial charge < -0.3 is 20.4 Å². The van der Waals surface area contributed by atoms with E-state index in [-0.39, 0.29) is 6.42 Å². The molecule has 164 valence electrons. The van der Waals surface area contributed by atoms with Crippen LogP contribution in [0.4, 0.5) is 13.2 Å². The van der Waals surface area contributed by atoms with Crippen LogP contribution in [-0.4, -0.2) is 48.1 Å². The maximum absolute atomic E-state index is 12.6. The van der Waals surface area contributed by atoms with E-state index in [1.54, 1.807) is 29.0 Å². The van der Waals surface area contributed by atoms with Crippen LogP contribution < -0.4 is 10.6 Å². The molecule has 0 saturated carbocycles. The van der Waals surface area contributed by atoms with Crippen molar-refractivity contribution in [1.29, 1.82) is 0 Å². The fraction of sp³-hybridized carbons (Fsp3) is 0.250. The molecule has 0 aliphatic carbocycles. The molecule has 2 amide bonds. The fourth-order valence-corrected chi connectivity index (χ4v) is 3.46. The minimum atomic E-state index is -4.58. The number of thiophene rings is 1. The number of carbonyl (C=O) groups is 3. The maximum atomic E-state index is 12.6. The summed E-state index contributed by atoms with van der Waals surface area (Å²) in [6, 6.07) is 9.46. The van der Waals surface area contributed by atoms with Crippen LogP contribution in [0.5, 0.6) is 0 Å². The third-order valence-electron chi connectivity index (χ3n) is 4.27. The van der Waals surface area contributed by atoms with E-state index in [0.717, 1.165) is 16.5 Å². The summed E-state index contributed by atoms with van der Waals surface area (Å²) >= 11 is 1.18. The zero-order valence-corrected chi connectivity index (χ0v) is 16.8. The smallest absolute Gasteiger partial charge is 0.405 e. The Hall–Kier alpha value is -3.34. The summed E-state index contributed by atoms with van der Waals surface area (Å²) in [6.45, 7) is -2.43. The van der Waals surface area contributed by atoms with E-state index in [1.165, 1.54) is 11.3 Å². The molecule has 0 radical (unpaired) electrons. The molecule has 1 atom stereocenters. The summed E-state index contributed by atoms with van der Waals surface area (Å²) in [6.07, 6.45) is -2.82. The van der Waals surface area contributed by atoms with Crippen LogP contribution in [0.1, 0.15) is 15.2 Å². The number of hydrogen-bond acceptors (Lipinski definition) is 5. The van der Waals surface area contributed by atoms with Gasteiger partial charge in [-0.05, 0) is 23.1 Å². The lowest BCUT2D eigenvalue weighted by Crippen LogP contribution is -2.44. The van der Waals surface area contributed by atoms with Crippen molar-refractivity contribution < 1.29 is 32.3 Å². The van der Waals surface area contributed by atoms with Gasteiger partial charge in [0, 0.05) is 23.5 Å². The quantitative estimate of drug-likeness (QED) is 0.457. The predicted octanol–water partition coefficient (Wildman–Crippen LogP) is 2.79. The summed E-state index contributed by atoms with van der Waals surface area (Å²) < 4.78 is 41.4. The van der Waals surface area contributed by atoms with Crippen molar-refractivity contribution in [3.63, 3.8) is 0 Å². The minimum absolute atomic E-state index is 0.0597. The van der Waals surface area contributed by atoms with Gasteiger partial charge in [0.2, 0.25) is 0 Å². The summed E-state index contributed by atoms with van der Waals surface area (Å²) in [7, 11) is 0. The van der Waals surface area contributed by atoms with Crippen molar-refractivity contribution in [3.05, 3.63) is 58.4 Å². The molecule has 3 N–H and O–H groups in total. The Morgan fingerprint density at radius 3 is 2.61 bits per heavy atom. The number of esters is 1. The van der Waals surface area contributed by atoms with Gasteiger partial charge in [-0.1, -0.05) is 24.3 Å². The molecule has 0 saturated heterocycles. The van der Waals surface area contributed by atoms with Crippen LogP contribution in [0.3, 0.4) is 0 Å². The number of alkyl halides is 3. The number of aromatic nitrogens is 1. The fourth-order valence-electron chi connectivity index (χ4n) is 2.84. The summed E-state index contributed by atoms with van der Waals surface area (Å²) in [5.41, 5.74) is 1.56. The number of halogens is 3. The molecular formula is C20H18F3N3O4S. The molecular weight excluding hydrogens is 435 g/mol. The number of H-pyrrole nitrogens is 1. The first-order valence-electron chi connectivity index (χ1n) is 9.12. The molecule has 0 aliphatic rings. The van der Waals surface area contributed by atoms with E-state index in [0.29, 0.717) is 4.88 Å². The Morgan fingerprint density at radius 2 is 1.90 bits per heavy atom. The maximum Gasteiger partial charge on any atom is 0.405 e. The molecule has 0 bridgehead atoms. The number of rotatable bonds is 8. The van der Waals surface area contributed by atoms with Crippen LogP contribution in [0, 0.1) is 0 Å². The van der Waals surface area contributed by atoms with Crippen LogP contribution >= 0.6 is 11.3 Å². The SMILES string of the molecule is O=C(COC(=O)[C@@H](Cc1c[nH]c2ccccc12)NC(=O)c1cccs1)NCC(F)(F)F. The van der Waals surface area contributed by atoms with Crippen molar-refractivity contribution in [1.82, 2.24) is 15.6 Å². The van der Waals surface area contributed by atoms with Crippen molar-refractivity contribution in [2.75, 3.05) is 13.2 Å². The Morgan fingerprint density at radius 1 is 1.13 bits per heavy atom. The van der Waals surface area contributed by atoms with Crippen LogP contribution in [-0.2, 0) is 20.7 Å². The van der Waals surface area contributed by atoms with Crippen molar-refractivity contribution in [3.8, 4) is 0 Å². The lowest BCUT2D eigenvalue weighted by atomic mass is 10.0. The normalized spacial score (nSPS) is 12.4. The van der Waals surface area contributed by atoms with Gasteiger partial charge in [-0.3, -0.25) is 9.59 Å². The first kappa shape index (κ1) is 22.3. The molecule has 0 fully saturated rings. The summed E-state index contributed by atoms with van der Waals surface area (Å²) in [5.74, 6) is -2.53. The number of benzene rings is 1. The largest absolute Gasteiger partial charge is 0.454 e. The zero-order chi connectivity index (χ0) is 22.4. The average molecular weight is 453 g/mol. The second-order valence-electron chi connectivity index (χ2n) is 6.57. The highest BCUT2D eigenvalue weighted by Gasteiger charge is 2.29. The van der Waals surface area contributed by atoms with Crippen LogP contribution in [0.15, 0.2) is 48.0 Å². The Labute approximate surface area is 178 Å². The molecule has 31 heavy (non-hydrogen) atoms. The molecule has 0 aliphatic heterocycles. The highest BCUT2D eigenvalue weighted by Crippen LogP contribution is 2.20. The van der Waals surface area contributed by atoms with Crippen LogP contribution in [0.25, 0.3) is 10.9 Å². The topological polar surface area (TPSA) is 100 Å². The van der Waals surface area contributed by atoms with Gasteiger partial charge in [0.15, 0.2) is 6.61 Å². The lowest BCUT2D eigenvalue weighted by Gasteiger charge is -2.17. The van der Waals surface area contributed by atoms with E-state index >= 15 is 0 Å². The van der Waals surface area contributed by atoms with Gasteiger partial charge >= 0.3 is 12.1 Å². The van der Waals surface area contributed by atoms with E-state index in [4.69, 9.17) is 4.74 Å². The Balaban J connectivity index is 1.69. The molecule has 3 aromatic rings. The first-order chi connectivity index (χ1) is 14.7. The molecule has 2 heterocycles. The number of hydrogen-bond donors (Lipinski definition) is 3. The molecule has 3 rings (SSSR count). The molecule has 0 spiro atoms. The minimum Gasteiger partial charge on any atom is -0.454 e. The number of amides is 2. The second-order valence-corrected chi connectivity index (χ2v) is 7.51. The van der Waals surface area contributed by atoms with Gasteiger partial charge in [0.25, 0.3) is 11.8 Å². The van der Waals surface area contributed by atoms with Gasteiger partial charge in [-0.15, -0.1) is 11.3 Å². The lowest BCUT2D eigenvalue weighted by molar-refractivity contribution is -0.152. The van der Waals surface area contributed by atoms with Crippen molar-refractivity contribution in [2.45, 2.75) is 18.6 Å². The van der Waals surface area contributed by atoms with E-state index in [9.17, 15) is 27.6 Å². The van der Waals surface area contributed by atoms with E-state index < -0.39 is 43.2 Å². The van der Waals surface area contributed by atoms with Gasteiger partial charge in [0.1, 0.15) is 12.6 Å². The standard InChI is InChI=1S/C20H18F3N3O4S/c21-20(22,23)11-25-17(27)10-30-19(29)15(26-18(28)16-6-3-7-31-16)8-12-9-24-14-5-2-1-4-13(12)14/h1-7,9,15,24H,8,10-11H2,(H,25,27)(H,26,28)/t15-/m1/s1. The molecule has 7 nitrogen and oxygen atoms in total. The highest BCUT2D eigenvalue weighted by molar-refractivity contribution is 7.12. The second kappa shape index (κ2) is 9.65. The number of fused-ring (bicyclic) bond motifs is 1. The third kappa shape index (κ3) is 6.32.